The van der Waals surface area contributed by atoms with Crippen molar-refractivity contribution in [1.82, 2.24) is 0 Å². The number of halogens is 3. The molecule has 14 heavy (non-hydrogen) atoms. The van der Waals surface area contributed by atoms with Gasteiger partial charge >= 0.3 is 0 Å². The molecule has 0 aromatic heterocycles. The Labute approximate surface area is 89.4 Å². The first kappa shape index (κ1) is 11.6. The van der Waals surface area contributed by atoms with Gasteiger partial charge in [-0.15, -0.1) is 0 Å². The lowest BCUT2D eigenvalue weighted by molar-refractivity contribution is 0.492. The zero-order valence-corrected chi connectivity index (χ0v) is 9.02. The van der Waals surface area contributed by atoms with Gasteiger partial charge < -0.3 is 11.5 Å². The molecule has 1 rings (SSSR count). The maximum atomic E-state index is 13.3. The maximum absolute atomic E-state index is 13.3. The highest BCUT2D eigenvalue weighted by Crippen LogP contribution is 2.22. The summed E-state index contributed by atoms with van der Waals surface area (Å²) < 4.78 is 26.6. The van der Waals surface area contributed by atoms with E-state index in [1.54, 1.807) is 0 Å². The lowest BCUT2D eigenvalue weighted by atomic mass is 10.1. The van der Waals surface area contributed by atoms with Crippen molar-refractivity contribution in [3.8, 4) is 0 Å². The zero-order chi connectivity index (χ0) is 10.7. The third-order valence-corrected chi connectivity index (χ3v) is 2.65. The second-order valence-electron chi connectivity index (χ2n) is 3.02. The molecule has 5 heteroatoms. The van der Waals surface area contributed by atoms with E-state index in [4.69, 9.17) is 11.5 Å². The molecule has 0 radical (unpaired) electrons. The molecule has 0 aliphatic carbocycles. The standard InChI is InChI=1S/C9H11BrF2N2/c10-7-1-2-8(11)9(12)6(7)3-5(14)4-13/h1-2,5H,3-4,13-14H2. The van der Waals surface area contributed by atoms with Gasteiger partial charge in [0, 0.05) is 22.6 Å². The van der Waals surface area contributed by atoms with Crippen LogP contribution in [0, 0.1) is 11.6 Å². The summed E-state index contributed by atoms with van der Waals surface area (Å²) in [6.45, 7) is 0.238. The van der Waals surface area contributed by atoms with Gasteiger partial charge in [-0.05, 0) is 18.6 Å². The normalized spacial score (nSPS) is 12.9. The van der Waals surface area contributed by atoms with E-state index < -0.39 is 11.6 Å². The SMILES string of the molecule is NCC(N)Cc1c(Br)ccc(F)c1F. The van der Waals surface area contributed by atoms with E-state index in [0.29, 0.717) is 4.47 Å². The van der Waals surface area contributed by atoms with E-state index >= 15 is 0 Å². The third kappa shape index (κ3) is 2.50. The summed E-state index contributed by atoms with van der Waals surface area (Å²) in [5.41, 5.74) is 11.1. The van der Waals surface area contributed by atoms with Crippen molar-refractivity contribution < 1.29 is 8.78 Å². The minimum atomic E-state index is -0.868. The average Bonchev–Trinajstić information content (AvgIpc) is 2.18. The molecule has 1 atom stereocenters. The van der Waals surface area contributed by atoms with Gasteiger partial charge in [0.1, 0.15) is 0 Å². The summed E-state index contributed by atoms with van der Waals surface area (Å²) in [6, 6.07) is 2.16. The molecule has 0 amide bonds. The van der Waals surface area contributed by atoms with Crippen LogP contribution in [0.4, 0.5) is 8.78 Å². The van der Waals surface area contributed by atoms with Gasteiger partial charge in [0.05, 0.1) is 0 Å². The summed E-state index contributed by atoms with van der Waals surface area (Å²) in [5.74, 6) is -1.73. The first-order valence-electron chi connectivity index (χ1n) is 4.14. The highest BCUT2D eigenvalue weighted by molar-refractivity contribution is 9.10. The van der Waals surface area contributed by atoms with Crippen molar-refractivity contribution >= 4 is 15.9 Å². The number of hydrogen-bond acceptors (Lipinski definition) is 2. The molecule has 1 unspecified atom stereocenters. The summed E-state index contributed by atoms with van der Waals surface area (Å²) in [7, 11) is 0. The molecule has 0 fully saturated rings. The van der Waals surface area contributed by atoms with E-state index in [1.807, 2.05) is 0 Å². The Morgan fingerprint density at radius 3 is 2.57 bits per heavy atom. The molecule has 2 nitrogen and oxygen atoms in total. The fourth-order valence-electron chi connectivity index (χ4n) is 1.10. The molecule has 0 aliphatic heterocycles. The predicted molar refractivity (Wildman–Crippen MR) is 54.8 cm³/mol. The van der Waals surface area contributed by atoms with Crippen LogP contribution in [0.25, 0.3) is 0 Å². The van der Waals surface area contributed by atoms with Crippen LogP contribution in [0.1, 0.15) is 5.56 Å². The van der Waals surface area contributed by atoms with Gasteiger partial charge in [-0.2, -0.15) is 0 Å². The molecule has 1 aromatic carbocycles. The monoisotopic (exact) mass is 264 g/mol. The number of rotatable bonds is 3. The van der Waals surface area contributed by atoms with Gasteiger partial charge in [-0.25, -0.2) is 8.78 Å². The Balaban J connectivity index is 3.00. The van der Waals surface area contributed by atoms with E-state index in [2.05, 4.69) is 15.9 Å². The summed E-state index contributed by atoms with van der Waals surface area (Å²) in [5, 5.41) is 0. The Hall–Kier alpha value is -0.520. The van der Waals surface area contributed by atoms with Gasteiger partial charge in [0.15, 0.2) is 11.6 Å². The summed E-state index contributed by atoms with van der Waals surface area (Å²) >= 11 is 3.14. The molecule has 0 spiro atoms. The van der Waals surface area contributed by atoms with E-state index in [0.717, 1.165) is 6.07 Å². The van der Waals surface area contributed by atoms with Crippen LogP contribution in [0.2, 0.25) is 0 Å². The number of hydrogen-bond donors (Lipinski definition) is 2. The van der Waals surface area contributed by atoms with E-state index in [1.165, 1.54) is 6.07 Å². The highest BCUT2D eigenvalue weighted by atomic mass is 79.9. The van der Waals surface area contributed by atoms with Crippen molar-refractivity contribution in [2.24, 2.45) is 11.5 Å². The summed E-state index contributed by atoms with van der Waals surface area (Å²) in [4.78, 5) is 0. The molecule has 0 bridgehead atoms. The molecule has 0 aliphatic rings. The molecule has 1 aromatic rings. The predicted octanol–water partition coefficient (Wildman–Crippen LogP) is 1.56. The zero-order valence-electron chi connectivity index (χ0n) is 7.43. The second kappa shape index (κ2) is 4.82. The van der Waals surface area contributed by atoms with Gasteiger partial charge in [0.2, 0.25) is 0 Å². The van der Waals surface area contributed by atoms with Crippen LogP contribution < -0.4 is 11.5 Å². The van der Waals surface area contributed by atoms with E-state index in [-0.39, 0.29) is 24.6 Å². The minimum Gasteiger partial charge on any atom is -0.329 e. The second-order valence-corrected chi connectivity index (χ2v) is 3.88. The Kier molecular flexibility index (Phi) is 3.97. The molecule has 0 heterocycles. The summed E-state index contributed by atoms with van der Waals surface area (Å²) in [6.07, 6.45) is 0.223. The smallest absolute Gasteiger partial charge is 0.163 e. The lowest BCUT2D eigenvalue weighted by Crippen LogP contribution is -2.32. The van der Waals surface area contributed by atoms with Crippen LogP contribution in [-0.2, 0) is 6.42 Å². The lowest BCUT2D eigenvalue weighted by Gasteiger charge is -2.11. The largest absolute Gasteiger partial charge is 0.329 e. The highest BCUT2D eigenvalue weighted by Gasteiger charge is 2.14. The average molecular weight is 265 g/mol. The number of nitrogens with two attached hydrogens (primary N) is 2. The Bertz CT molecular complexity index is 331. The Morgan fingerprint density at radius 2 is 2.00 bits per heavy atom. The molecule has 0 saturated heterocycles. The van der Waals surface area contributed by atoms with Gasteiger partial charge in [-0.1, -0.05) is 15.9 Å². The van der Waals surface area contributed by atoms with Crippen LogP contribution in [0.5, 0.6) is 0 Å². The quantitative estimate of drug-likeness (QED) is 0.815. The minimum absolute atomic E-state index is 0.223. The molecule has 4 N–H and O–H groups in total. The first-order chi connectivity index (χ1) is 6.56. The maximum Gasteiger partial charge on any atom is 0.163 e. The third-order valence-electron chi connectivity index (χ3n) is 1.91. The number of benzene rings is 1. The van der Waals surface area contributed by atoms with Crippen molar-refractivity contribution in [3.63, 3.8) is 0 Å². The Morgan fingerprint density at radius 1 is 1.36 bits per heavy atom. The van der Waals surface area contributed by atoms with Crippen LogP contribution in [0.15, 0.2) is 16.6 Å². The van der Waals surface area contributed by atoms with Crippen LogP contribution in [-0.4, -0.2) is 12.6 Å². The van der Waals surface area contributed by atoms with Crippen molar-refractivity contribution in [2.45, 2.75) is 12.5 Å². The van der Waals surface area contributed by atoms with Crippen molar-refractivity contribution in [1.29, 1.82) is 0 Å². The van der Waals surface area contributed by atoms with Crippen LogP contribution >= 0.6 is 15.9 Å². The van der Waals surface area contributed by atoms with Crippen LogP contribution in [0.3, 0.4) is 0 Å². The molecular formula is C9H11BrF2N2. The van der Waals surface area contributed by atoms with Crippen molar-refractivity contribution in [3.05, 3.63) is 33.8 Å². The van der Waals surface area contributed by atoms with Crippen molar-refractivity contribution in [2.75, 3.05) is 6.54 Å². The molecule has 78 valence electrons. The topological polar surface area (TPSA) is 52.0 Å². The van der Waals surface area contributed by atoms with Gasteiger partial charge in [-0.3, -0.25) is 0 Å². The molecular weight excluding hydrogens is 254 g/mol. The fraction of sp³-hybridized carbons (Fsp3) is 0.333. The first-order valence-corrected chi connectivity index (χ1v) is 4.93. The fourth-order valence-corrected chi connectivity index (χ4v) is 1.57. The van der Waals surface area contributed by atoms with E-state index in [9.17, 15) is 8.78 Å². The van der Waals surface area contributed by atoms with Gasteiger partial charge in [0.25, 0.3) is 0 Å². The molecule has 0 saturated carbocycles.